The lowest BCUT2D eigenvalue weighted by Gasteiger charge is -2.10. The lowest BCUT2D eigenvalue weighted by molar-refractivity contribution is -0.114. The summed E-state index contributed by atoms with van der Waals surface area (Å²) in [6.07, 6.45) is 6.23. The van der Waals surface area contributed by atoms with E-state index in [0.29, 0.717) is 0 Å². The molecule has 2 rings (SSSR count). The Morgan fingerprint density at radius 2 is 1.76 bits per heavy atom. The van der Waals surface area contributed by atoms with Crippen molar-refractivity contribution in [2.45, 2.75) is 38.5 Å². The van der Waals surface area contributed by atoms with E-state index in [1.807, 2.05) is 18.2 Å². The van der Waals surface area contributed by atoms with E-state index in [1.165, 1.54) is 24.0 Å². The van der Waals surface area contributed by atoms with Crippen LogP contribution in [0, 0.1) is 0 Å². The number of carbonyl (C=O) groups is 1. The van der Waals surface area contributed by atoms with Gasteiger partial charge in [-0.05, 0) is 37.7 Å². The first-order chi connectivity index (χ1) is 8.27. The van der Waals surface area contributed by atoms with Crippen molar-refractivity contribution in [2.24, 2.45) is 5.73 Å². The molecule has 1 aromatic rings. The molecule has 0 heterocycles. The molecule has 1 aliphatic rings. The Morgan fingerprint density at radius 3 is 2.47 bits per heavy atom. The average molecular weight is 229 g/mol. The maximum Gasteiger partial charge on any atom is 0.244 e. The third-order valence-corrected chi connectivity index (χ3v) is 3.39. The second-order valence-electron chi connectivity index (χ2n) is 4.67. The number of allylic oxidation sites excluding steroid dienone is 1. The smallest absolute Gasteiger partial charge is 0.244 e. The van der Waals surface area contributed by atoms with Gasteiger partial charge in [-0.15, -0.1) is 0 Å². The summed E-state index contributed by atoms with van der Waals surface area (Å²) >= 11 is 0. The molecule has 0 aromatic heterocycles. The highest BCUT2D eigenvalue weighted by Crippen LogP contribution is 2.26. The fourth-order valence-electron chi connectivity index (χ4n) is 2.48. The molecule has 0 saturated carbocycles. The molecular weight excluding hydrogens is 210 g/mol. The number of carbonyl (C=O) groups excluding carboxylic acids is 1. The standard InChI is InChI=1S/C15H19NO/c16-15(17)14-10-6-2-5-9-13(14)11-12-7-3-1-4-8-12/h1,3-4,7-8H,2,5-6,9-11H2,(H2,16,17). The van der Waals surface area contributed by atoms with Gasteiger partial charge in [0.1, 0.15) is 0 Å². The van der Waals surface area contributed by atoms with Crippen molar-refractivity contribution in [3.63, 3.8) is 0 Å². The summed E-state index contributed by atoms with van der Waals surface area (Å²) in [4.78, 5) is 11.5. The van der Waals surface area contributed by atoms with Crippen molar-refractivity contribution in [1.82, 2.24) is 0 Å². The highest BCUT2D eigenvalue weighted by molar-refractivity contribution is 5.92. The molecule has 2 nitrogen and oxygen atoms in total. The van der Waals surface area contributed by atoms with Crippen LogP contribution in [0.5, 0.6) is 0 Å². The van der Waals surface area contributed by atoms with E-state index >= 15 is 0 Å². The minimum absolute atomic E-state index is 0.224. The van der Waals surface area contributed by atoms with Crippen molar-refractivity contribution in [2.75, 3.05) is 0 Å². The number of hydrogen-bond acceptors (Lipinski definition) is 1. The van der Waals surface area contributed by atoms with Crippen LogP contribution in [-0.4, -0.2) is 5.91 Å². The fourth-order valence-corrected chi connectivity index (χ4v) is 2.48. The van der Waals surface area contributed by atoms with Crippen LogP contribution in [0.4, 0.5) is 0 Å². The highest BCUT2D eigenvalue weighted by atomic mass is 16.1. The molecule has 1 amide bonds. The number of primary amides is 1. The van der Waals surface area contributed by atoms with E-state index in [0.717, 1.165) is 31.3 Å². The van der Waals surface area contributed by atoms with Gasteiger partial charge < -0.3 is 5.73 Å². The molecule has 0 atom stereocenters. The van der Waals surface area contributed by atoms with Gasteiger partial charge in [0.2, 0.25) is 5.91 Å². The zero-order chi connectivity index (χ0) is 12.1. The first-order valence-corrected chi connectivity index (χ1v) is 6.32. The quantitative estimate of drug-likeness (QED) is 0.850. The van der Waals surface area contributed by atoms with Crippen LogP contribution >= 0.6 is 0 Å². The van der Waals surface area contributed by atoms with Crippen LogP contribution in [0.2, 0.25) is 0 Å². The van der Waals surface area contributed by atoms with Gasteiger partial charge in [0.25, 0.3) is 0 Å². The van der Waals surface area contributed by atoms with E-state index in [4.69, 9.17) is 5.73 Å². The monoisotopic (exact) mass is 229 g/mol. The van der Waals surface area contributed by atoms with Crippen molar-refractivity contribution in [1.29, 1.82) is 0 Å². The Bertz CT molecular complexity index is 420. The minimum Gasteiger partial charge on any atom is -0.366 e. The number of rotatable bonds is 3. The highest BCUT2D eigenvalue weighted by Gasteiger charge is 2.15. The summed E-state index contributed by atoms with van der Waals surface area (Å²) < 4.78 is 0. The Hall–Kier alpha value is -1.57. The van der Waals surface area contributed by atoms with Crippen LogP contribution in [0.15, 0.2) is 41.5 Å². The van der Waals surface area contributed by atoms with Gasteiger partial charge in [0.05, 0.1) is 0 Å². The Kier molecular flexibility index (Phi) is 3.97. The molecule has 0 aliphatic heterocycles. The number of nitrogens with two attached hydrogens (primary N) is 1. The molecule has 17 heavy (non-hydrogen) atoms. The van der Waals surface area contributed by atoms with Gasteiger partial charge in [-0.1, -0.05) is 42.3 Å². The van der Waals surface area contributed by atoms with E-state index in [1.54, 1.807) is 0 Å². The third-order valence-electron chi connectivity index (χ3n) is 3.39. The number of hydrogen-bond donors (Lipinski definition) is 1. The number of amides is 1. The van der Waals surface area contributed by atoms with Crippen molar-refractivity contribution in [3.8, 4) is 0 Å². The van der Waals surface area contributed by atoms with Crippen LogP contribution in [0.3, 0.4) is 0 Å². The van der Waals surface area contributed by atoms with Gasteiger partial charge in [0, 0.05) is 5.57 Å². The zero-order valence-corrected chi connectivity index (χ0v) is 10.1. The average Bonchev–Trinajstić information content (AvgIpc) is 2.56. The molecule has 2 N–H and O–H groups in total. The molecule has 2 heteroatoms. The summed E-state index contributed by atoms with van der Waals surface area (Å²) in [5.74, 6) is -0.224. The SMILES string of the molecule is NC(=O)C1=C(Cc2ccccc2)CCCCC1. The Balaban J connectivity index is 2.22. The molecule has 1 aliphatic carbocycles. The number of benzene rings is 1. The van der Waals surface area contributed by atoms with E-state index in [-0.39, 0.29) is 5.91 Å². The summed E-state index contributed by atoms with van der Waals surface area (Å²) in [7, 11) is 0. The van der Waals surface area contributed by atoms with Crippen molar-refractivity contribution >= 4 is 5.91 Å². The van der Waals surface area contributed by atoms with Gasteiger partial charge in [-0.25, -0.2) is 0 Å². The minimum atomic E-state index is -0.224. The Labute approximate surface area is 103 Å². The first kappa shape index (κ1) is 11.9. The largest absolute Gasteiger partial charge is 0.366 e. The molecule has 0 radical (unpaired) electrons. The topological polar surface area (TPSA) is 43.1 Å². The fraction of sp³-hybridized carbons (Fsp3) is 0.400. The molecule has 0 spiro atoms. The molecule has 0 saturated heterocycles. The van der Waals surface area contributed by atoms with Gasteiger partial charge in [-0.2, -0.15) is 0 Å². The summed E-state index contributed by atoms with van der Waals surface area (Å²) in [6, 6.07) is 10.3. The zero-order valence-electron chi connectivity index (χ0n) is 10.1. The van der Waals surface area contributed by atoms with Crippen LogP contribution in [-0.2, 0) is 11.2 Å². The van der Waals surface area contributed by atoms with Crippen LogP contribution in [0.1, 0.15) is 37.7 Å². The second-order valence-corrected chi connectivity index (χ2v) is 4.67. The Morgan fingerprint density at radius 1 is 1.06 bits per heavy atom. The molecule has 0 unspecified atom stereocenters. The first-order valence-electron chi connectivity index (χ1n) is 6.32. The van der Waals surface area contributed by atoms with Crippen molar-refractivity contribution in [3.05, 3.63) is 47.0 Å². The normalized spacial score (nSPS) is 16.7. The maximum atomic E-state index is 11.5. The summed E-state index contributed by atoms with van der Waals surface area (Å²) in [5, 5.41) is 0. The lowest BCUT2D eigenvalue weighted by Crippen LogP contribution is -2.16. The molecule has 0 fully saturated rings. The maximum absolute atomic E-state index is 11.5. The molecule has 90 valence electrons. The van der Waals surface area contributed by atoms with Gasteiger partial charge >= 0.3 is 0 Å². The van der Waals surface area contributed by atoms with E-state index < -0.39 is 0 Å². The van der Waals surface area contributed by atoms with E-state index in [2.05, 4.69) is 12.1 Å². The molecule has 1 aromatic carbocycles. The van der Waals surface area contributed by atoms with E-state index in [9.17, 15) is 4.79 Å². The van der Waals surface area contributed by atoms with Crippen molar-refractivity contribution < 1.29 is 4.79 Å². The second kappa shape index (κ2) is 5.67. The van der Waals surface area contributed by atoms with Gasteiger partial charge in [0.15, 0.2) is 0 Å². The third kappa shape index (κ3) is 3.19. The molecule has 0 bridgehead atoms. The van der Waals surface area contributed by atoms with Gasteiger partial charge in [-0.3, -0.25) is 4.79 Å². The summed E-state index contributed by atoms with van der Waals surface area (Å²) in [5.41, 5.74) is 8.88. The molecular formula is C15H19NO. The summed E-state index contributed by atoms with van der Waals surface area (Å²) in [6.45, 7) is 0. The predicted octanol–water partition coefficient (Wildman–Crippen LogP) is 2.98. The lowest BCUT2D eigenvalue weighted by atomic mass is 9.96. The van der Waals surface area contributed by atoms with Crippen LogP contribution in [0.25, 0.3) is 0 Å². The van der Waals surface area contributed by atoms with Crippen LogP contribution < -0.4 is 5.73 Å². The predicted molar refractivity (Wildman–Crippen MR) is 69.5 cm³/mol.